The number of hydrogen-bond donors (Lipinski definition) is 0. The van der Waals surface area contributed by atoms with Crippen LogP contribution in [0.2, 0.25) is 0 Å². The van der Waals surface area contributed by atoms with Crippen LogP contribution in [-0.4, -0.2) is 0 Å². The molecule has 0 radical (unpaired) electrons. The normalized spacial score (nSPS) is 12.9. The molecule has 0 saturated heterocycles. The van der Waals surface area contributed by atoms with Gasteiger partial charge in [0.15, 0.2) is 0 Å². The number of rotatable bonds is 6. The minimum Gasteiger partial charge on any atom is -0.310 e. The summed E-state index contributed by atoms with van der Waals surface area (Å²) >= 11 is 1.88. The van der Waals surface area contributed by atoms with E-state index in [1.807, 2.05) is 11.3 Å². The second-order valence-electron chi connectivity index (χ2n) is 15.7. The fourth-order valence-electron chi connectivity index (χ4n) is 9.18. The lowest BCUT2D eigenvalue weighted by Gasteiger charge is -2.30. The van der Waals surface area contributed by atoms with Gasteiger partial charge in [-0.3, -0.25) is 0 Å². The lowest BCUT2D eigenvalue weighted by atomic mass is 9.82. The van der Waals surface area contributed by atoms with Gasteiger partial charge in [0.05, 0.1) is 5.69 Å². The molecule has 1 aromatic heterocycles. The zero-order valence-corrected chi connectivity index (χ0v) is 32.7. The van der Waals surface area contributed by atoms with E-state index >= 15 is 0 Å². The maximum atomic E-state index is 2.50. The van der Waals surface area contributed by atoms with Crippen molar-refractivity contribution in [2.45, 2.75) is 19.3 Å². The van der Waals surface area contributed by atoms with E-state index in [-0.39, 0.29) is 5.41 Å². The van der Waals surface area contributed by atoms with Crippen molar-refractivity contribution in [3.8, 4) is 44.5 Å². The Labute approximate surface area is 337 Å². The highest BCUT2D eigenvalue weighted by Crippen LogP contribution is 2.53. The van der Waals surface area contributed by atoms with Crippen molar-refractivity contribution in [3.05, 3.63) is 211 Å². The summed E-state index contributed by atoms with van der Waals surface area (Å²) in [5.41, 5.74) is 16.0. The van der Waals surface area contributed by atoms with Crippen LogP contribution < -0.4 is 4.90 Å². The molecular weight excluding hydrogens is 707 g/mol. The van der Waals surface area contributed by atoms with Gasteiger partial charge in [0.1, 0.15) is 0 Å². The number of fused-ring (bicyclic) bond motifs is 7. The van der Waals surface area contributed by atoms with Crippen LogP contribution in [0.4, 0.5) is 17.1 Å². The maximum absolute atomic E-state index is 2.50. The van der Waals surface area contributed by atoms with Crippen LogP contribution in [0.25, 0.3) is 75.5 Å². The van der Waals surface area contributed by atoms with Gasteiger partial charge in [-0.1, -0.05) is 166 Å². The van der Waals surface area contributed by atoms with Crippen molar-refractivity contribution in [1.82, 2.24) is 0 Å². The SMILES string of the molecule is CC1(C)c2ccccc2-c2ccc(N(c3ccc(-c4ccc(-c5ccccc5)cc4)cc3)c3ccc4sc5ccccc5c4c3-c3ccc4ccccc4c3)cc21. The number of thiophene rings is 1. The van der Waals surface area contributed by atoms with Crippen LogP contribution >= 0.6 is 11.3 Å². The molecule has 1 heterocycles. The molecule has 11 rings (SSSR count). The van der Waals surface area contributed by atoms with Gasteiger partial charge >= 0.3 is 0 Å². The van der Waals surface area contributed by atoms with Crippen LogP contribution in [-0.2, 0) is 5.41 Å². The third-order valence-electron chi connectivity index (χ3n) is 12.1. The molecule has 0 spiro atoms. The number of anilines is 3. The summed E-state index contributed by atoms with van der Waals surface area (Å²) in [7, 11) is 0. The molecule has 10 aromatic rings. The average molecular weight is 746 g/mol. The summed E-state index contributed by atoms with van der Waals surface area (Å²) in [6.45, 7) is 4.74. The lowest BCUT2D eigenvalue weighted by molar-refractivity contribution is 0.660. The second kappa shape index (κ2) is 13.2. The molecule has 0 amide bonds. The molecule has 2 heteroatoms. The molecule has 0 unspecified atom stereocenters. The average Bonchev–Trinajstić information content (AvgIpc) is 3.76. The minimum absolute atomic E-state index is 0.127. The van der Waals surface area contributed by atoms with Crippen molar-refractivity contribution in [3.63, 3.8) is 0 Å². The van der Waals surface area contributed by atoms with E-state index in [2.05, 4.69) is 219 Å². The molecule has 1 nitrogen and oxygen atoms in total. The number of benzene rings is 9. The van der Waals surface area contributed by atoms with Crippen LogP contribution in [0.15, 0.2) is 200 Å². The molecule has 0 bridgehead atoms. The van der Waals surface area contributed by atoms with E-state index in [9.17, 15) is 0 Å². The highest BCUT2D eigenvalue weighted by atomic mass is 32.1. The quantitative estimate of drug-likeness (QED) is 0.164. The van der Waals surface area contributed by atoms with Crippen molar-refractivity contribution >= 4 is 59.3 Å². The maximum Gasteiger partial charge on any atom is 0.0547 e. The Balaban J connectivity index is 1.13. The molecule has 1 aliphatic carbocycles. The van der Waals surface area contributed by atoms with Gasteiger partial charge in [-0.05, 0) is 109 Å². The number of hydrogen-bond acceptors (Lipinski definition) is 2. The monoisotopic (exact) mass is 745 g/mol. The molecule has 9 aromatic carbocycles. The molecule has 0 saturated carbocycles. The van der Waals surface area contributed by atoms with Crippen LogP contribution in [0.5, 0.6) is 0 Å². The van der Waals surface area contributed by atoms with E-state index in [1.54, 1.807) is 0 Å². The summed E-state index contributed by atoms with van der Waals surface area (Å²) in [6, 6.07) is 73.9. The highest BCUT2D eigenvalue weighted by molar-refractivity contribution is 7.26. The van der Waals surface area contributed by atoms with Crippen molar-refractivity contribution in [2.24, 2.45) is 0 Å². The first kappa shape index (κ1) is 33.6. The standard InChI is InChI=1S/C55H39NS/c1-55(2)48-18-10-8-16-45(48)46-31-30-44(35-49(46)55)56(43-28-26-40(27-29-43)39-22-20-38(21-23-39)36-12-4-3-5-13-36)50-32-33-52-54(47-17-9-11-19-51(47)57-52)53(50)42-25-24-37-14-6-7-15-41(37)34-42/h3-35H,1-2H3. The van der Waals surface area contributed by atoms with E-state index < -0.39 is 0 Å². The summed E-state index contributed by atoms with van der Waals surface area (Å²) in [4.78, 5) is 2.50. The molecular formula is C55H39NS. The fourth-order valence-corrected chi connectivity index (χ4v) is 10.3. The first-order valence-electron chi connectivity index (χ1n) is 19.8. The Hall–Kier alpha value is -6.74. The van der Waals surface area contributed by atoms with Crippen molar-refractivity contribution in [1.29, 1.82) is 0 Å². The van der Waals surface area contributed by atoms with Crippen LogP contribution in [0.1, 0.15) is 25.0 Å². The molecule has 1 aliphatic rings. The molecule has 0 fully saturated rings. The lowest BCUT2D eigenvalue weighted by Crippen LogP contribution is -2.17. The van der Waals surface area contributed by atoms with E-state index in [1.165, 1.54) is 86.6 Å². The van der Waals surface area contributed by atoms with E-state index in [4.69, 9.17) is 0 Å². The van der Waals surface area contributed by atoms with Gasteiger partial charge in [-0.25, -0.2) is 0 Å². The van der Waals surface area contributed by atoms with Crippen molar-refractivity contribution in [2.75, 3.05) is 4.90 Å². The predicted molar refractivity (Wildman–Crippen MR) is 245 cm³/mol. The van der Waals surface area contributed by atoms with Gasteiger partial charge in [-0.15, -0.1) is 11.3 Å². The van der Waals surface area contributed by atoms with E-state index in [0.29, 0.717) is 0 Å². The first-order chi connectivity index (χ1) is 28.0. The Morgan fingerprint density at radius 1 is 0.404 bits per heavy atom. The summed E-state index contributed by atoms with van der Waals surface area (Å²) in [5, 5.41) is 5.08. The highest BCUT2D eigenvalue weighted by Gasteiger charge is 2.36. The Morgan fingerprint density at radius 3 is 1.79 bits per heavy atom. The zero-order chi connectivity index (χ0) is 38.1. The molecule has 57 heavy (non-hydrogen) atoms. The smallest absolute Gasteiger partial charge is 0.0547 e. The van der Waals surface area contributed by atoms with Gasteiger partial charge in [0.2, 0.25) is 0 Å². The van der Waals surface area contributed by atoms with Crippen molar-refractivity contribution < 1.29 is 0 Å². The van der Waals surface area contributed by atoms with Gasteiger partial charge < -0.3 is 4.90 Å². The number of nitrogens with zero attached hydrogens (tertiary/aromatic N) is 1. The third kappa shape index (κ3) is 5.51. The summed E-state index contributed by atoms with van der Waals surface area (Å²) < 4.78 is 2.60. The van der Waals surface area contributed by atoms with Gasteiger partial charge in [0.25, 0.3) is 0 Å². The van der Waals surface area contributed by atoms with E-state index in [0.717, 1.165) is 17.1 Å². The van der Waals surface area contributed by atoms with Crippen LogP contribution in [0, 0.1) is 0 Å². The molecule has 0 aliphatic heterocycles. The Kier molecular flexibility index (Phi) is 7.77. The predicted octanol–water partition coefficient (Wildman–Crippen LogP) is 16.0. The summed E-state index contributed by atoms with van der Waals surface area (Å²) in [6.07, 6.45) is 0. The Bertz CT molecular complexity index is 3130. The van der Waals surface area contributed by atoms with Crippen LogP contribution in [0.3, 0.4) is 0 Å². The third-order valence-corrected chi connectivity index (χ3v) is 13.2. The summed E-state index contributed by atoms with van der Waals surface area (Å²) in [5.74, 6) is 0. The van der Waals surface area contributed by atoms with Gasteiger partial charge in [0, 0.05) is 42.5 Å². The first-order valence-corrected chi connectivity index (χ1v) is 20.6. The Morgan fingerprint density at radius 2 is 1.00 bits per heavy atom. The second-order valence-corrected chi connectivity index (χ2v) is 16.8. The largest absolute Gasteiger partial charge is 0.310 e. The minimum atomic E-state index is -0.127. The molecule has 270 valence electrons. The zero-order valence-electron chi connectivity index (χ0n) is 31.9. The van der Waals surface area contributed by atoms with Gasteiger partial charge in [-0.2, -0.15) is 0 Å². The fraction of sp³-hybridized carbons (Fsp3) is 0.0545. The molecule has 0 atom stereocenters. The topological polar surface area (TPSA) is 3.24 Å². The molecule has 0 N–H and O–H groups in total.